The number of carbonyl (C=O) groups is 1. The van der Waals surface area contributed by atoms with Gasteiger partial charge in [-0.15, -0.1) is 0 Å². The van der Waals surface area contributed by atoms with Crippen molar-refractivity contribution < 1.29 is 13.2 Å². The average Bonchev–Trinajstić information content (AvgIpc) is 3.07. The lowest BCUT2D eigenvalue weighted by atomic mass is 9.87. The Labute approximate surface area is 201 Å². The molecule has 1 atom stereocenters. The second-order valence-corrected chi connectivity index (χ2v) is 11.5. The fraction of sp³-hybridized carbons (Fsp3) is 0.440. The number of aryl methyl sites for hydroxylation is 2. The number of amides is 1. The predicted molar refractivity (Wildman–Crippen MR) is 135 cm³/mol. The molecule has 0 bridgehead atoms. The van der Waals surface area contributed by atoms with Crippen molar-refractivity contribution in [2.45, 2.75) is 45.6 Å². The lowest BCUT2D eigenvalue weighted by Gasteiger charge is -2.26. The molecule has 9 heteroatoms. The standard InChI is InChI=1S/C25H33N5O3S/c1-16(2)13-23-26-22-15-18(28-34(32,33)29(3)4)14-20(24(22)30(23)5)25(31)27-21-12-8-10-17-9-6-7-11-19(17)21/h6-7,9,11,14-16,21,28H,8,10,12-13H2,1-5H3,(H,27,31). The molecule has 0 saturated carbocycles. The van der Waals surface area contributed by atoms with E-state index in [1.807, 2.05) is 23.7 Å². The highest BCUT2D eigenvalue weighted by atomic mass is 32.2. The molecule has 8 nitrogen and oxygen atoms in total. The quantitative estimate of drug-likeness (QED) is 0.534. The van der Waals surface area contributed by atoms with E-state index in [4.69, 9.17) is 4.98 Å². The molecule has 0 saturated heterocycles. The van der Waals surface area contributed by atoms with Crippen LogP contribution in [-0.2, 0) is 30.1 Å². The molecular formula is C25H33N5O3S. The first-order valence-corrected chi connectivity index (χ1v) is 13.1. The van der Waals surface area contributed by atoms with Gasteiger partial charge in [-0.1, -0.05) is 38.1 Å². The van der Waals surface area contributed by atoms with Gasteiger partial charge in [-0.25, -0.2) is 4.98 Å². The molecule has 1 aromatic heterocycles. The van der Waals surface area contributed by atoms with E-state index in [1.165, 1.54) is 19.7 Å². The van der Waals surface area contributed by atoms with Gasteiger partial charge in [0.2, 0.25) is 0 Å². The van der Waals surface area contributed by atoms with Crippen molar-refractivity contribution in [2.75, 3.05) is 18.8 Å². The highest BCUT2D eigenvalue weighted by Crippen LogP contribution is 2.31. The number of nitrogens with zero attached hydrogens (tertiary/aromatic N) is 3. The van der Waals surface area contributed by atoms with E-state index < -0.39 is 10.2 Å². The maximum Gasteiger partial charge on any atom is 0.301 e. The molecule has 1 unspecified atom stereocenters. The van der Waals surface area contributed by atoms with Crippen LogP contribution in [0, 0.1) is 5.92 Å². The van der Waals surface area contributed by atoms with Gasteiger partial charge in [-0.3, -0.25) is 9.52 Å². The average molecular weight is 484 g/mol. The number of fused-ring (bicyclic) bond motifs is 2. The second kappa shape index (κ2) is 9.38. The number of benzene rings is 2. The first kappa shape index (κ1) is 24.2. The van der Waals surface area contributed by atoms with Gasteiger partial charge in [0.15, 0.2) is 0 Å². The van der Waals surface area contributed by atoms with Crippen LogP contribution in [0.5, 0.6) is 0 Å². The highest BCUT2D eigenvalue weighted by molar-refractivity contribution is 7.90. The number of anilines is 1. The lowest BCUT2D eigenvalue weighted by molar-refractivity contribution is 0.0934. The van der Waals surface area contributed by atoms with Crippen molar-refractivity contribution in [3.8, 4) is 0 Å². The van der Waals surface area contributed by atoms with E-state index in [-0.39, 0.29) is 11.9 Å². The molecule has 2 aromatic carbocycles. The molecule has 4 rings (SSSR count). The molecule has 0 radical (unpaired) electrons. The third-order valence-electron chi connectivity index (χ3n) is 6.30. The van der Waals surface area contributed by atoms with E-state index in [0.717, 1.165) is 41.4 Å². The third-order valence-corrected chi connectivity index (χ3v) is 7.75. The van der Waals surface area contributed by atoms with Gasteiger partial charge in [0.25, 0.3) is 5.91 Å². The lowest BCUT2D eigenvalue weighted by Crippen LogP contribution is -2.32. The van der Waals surface area contributed by atoms with Gasteiger partial charge in [0.1, 0.15) is 5.82 Å². The van der Waals surface area contributed by atoms with Crippen LogP contribution >= 0.6 is 0 Å². The summed E-state index contributed by atoms with van der Waals surface area (Å²) in [5.74, 6) is 1.00. The molecule has 3 aromatic rings. The molecule has 1 amide bonds. The second-order valence-electron chi connectivity index (χ2n) is 9.58. The number of nitrogens with one attached hydrogen (secondary N) is 2. The van der Waals surface area contributed by atoms with Gasteiger partial charge in [-0.05, 0) is 48.4 Å². The molecule has 1 aliphatic rings. The van der Waals surface area contributed by atoms with Gasteiger partial charge in [0.05, 0.1) is 28.3 Å². The third kappa shape index (κ3) is 4.81. The Morgan fingerprint density at radius 3 is 2.68 bits per heavy atom. The molecule has 34 heavy (non-hydrogen) atoms. The normalized spacial score (nSPS) is 16.1. The summed E-state index contributed by atoms with van der Waals surface area (Å²) >= 11 is 0. The Morgan fingerprint density at radius 2 is 1.97 bits per heavy atom. The monoisotopic (exact) mass is 483 g/mol. The van der Waals surface area contributed by atoms with E-state index in [2.05, 4.69) is 36.0 Å². The van der Waals surface area contributed by atoms with E-state index >= 15 is 0 Å². The number of hydrogen-bond acceptors (Lipinski definition) is 4. The maximum atomic E-state index is 13.6. The molecule has 0 aliphatic heterocycles. The Hall–Kier alpha value is -2.91. The fourth-order valence-electron chi connectivity index (χ4n) is 4.56. The van der Waals surface area contributed by atoms with Gasteiger partial charge >= 0.3 is 10.2 Å². The number of aromatic nitrogens is 2. The summed E-state index contributed by atoms with van der Waals surface area (Å²) in [4.78, 5) is 18.4. The van der Waals surface area contributed by atoms with Gasteiger partial charge in [-0.2, -0.15) is 12.7 Å². The molecular weight excluding hydrogens is 450 g/mol. The zero-order chi connectivity index (χ0) is 24.6. The summed E-state index contributed by atoms with van der Waals surface area (Å²) in [5, 5.41) is 3.21. The molecule has 1 aliphatic carbocycles. The smallest absolute Gasteiger partial charge is 0.301 e. The summed E-state index contributed by atoms with van der Waals surface area (Å²) in [6.07, 6.45) is 3.63. The molecule has 1 heterocycles. The van der Waals surface area contributed by atoms with Crippen LogP contribution in [0.25, 0.3) is 11.0 Å². The van der Waals surface area contributed by atoms with Crippen LogP contribution < -0.4 is 10.0 Å². The number of carbonyl (C=O) groups excluding carboxylic acids is 1. The Morgan fingerprint density at radius 1 is 1.24 bits per heavy atom. The maximum absolute atomic E-state index is 13.6. The van der Waals surface area contributed by atoms with Gasteiger partial charge < -0.3 is 9.88 Å². The van der Waals surface area contributed by atoms with Crippen molar-refractivity contribution in [1.29, 1.82) is 0 Å². The minimum atomic E-state index is -3.73. The first-order valence-electron chi connectivity index (χ1n) is 11.6. The highest BCUT2D eigenvalue weighted by Gasteiger charge is 2.25. The summed E-state index contributed by atoms with van der Waals surface area (Å²) in [5.41, 5.74) is 4.41. The Bertz CT molecular complexity index is 1330. The van der Waals surface area contributed by atoms with Crippen molar-refractivity contribution >= 4 is 32.8 Å². The Balaban J connectivity index is 1.78. The molecule has 0 fully saturated rings. The largest absolute Gasteiger partial charge is 0.345 e. The number of imidazole rings is 1. The summed E-state index contributed by atoms with van der Waals surface area (Å²) in [6, 6.07) is 11.4. The van der Waals surface area contributed by atoms with Crippen LogP contribution in [-0.4, -0.2) is 42.3 Å². The van der Waals surface area contributed by atoms with Crippen LogP contribution in [0.1, 0.15) is 60.0 Å². The van der Waals surface area contributed by atoms with Crippen LogP contribution in [0.4, 0.5) is 5.69 Å². The van der Waals surface area contributed by atoms with Crippen molar-refractivity contribution in [1.82, 2.24) is 19.2 Å². The van der Waals surface area contributed by atoms with E-state index in [9.17, 15) is 13.2 Å². The van der Waals surface area contributed by atoms with Crippen LogP contribution in [0.2, 0.25) is 0 Å². The van der Waals surface area contributed by atoms with Crippen molar-refractivity contribution in [3.05, 3.63) is 58.9 Å². The molecule has 0 spiro atoms. The number of hydrogen-bond donors (Lipinski definition) is 2. The predicted octanol–water partition coefficient (Wildman–Crippen LogP) is 3.80. The summed E-state index contributed by atoms with van der Waals surface area (Å²) < 4.78 is 30.6. The zero-order valence-corrected chi connectivity index (χ0v) is 21.2. The number of rotatable bonds is 7. The topological polar surface area (TPSA) is 96.3 Å². The van der Waals surface area contributed by atoms with Crippen molar-refractivity contribution in [2.24, 2.45) is 13.0 Å². The zero-order valence-electron chi connectivity index (χ0n) is 20.4. The first-order chi connectivity index (χ1) is 16.1. The minimum absolute atomic E-state index is 0.0852. The van der Waals surface area contributed by atoms with Crippen LogP contribution in [0.15, 0.2) is 36.4 Å². The molecule has 2 N–H and O–H groups in total. The summed E-state index contributed by atoms with van der Waals surface area (Å²) in [6.45, 7) is 4.23. The van der Waals surface area contributed by atoms with Crippen molar-refractivity contribution in [3.63, 3.8) is 0 Å². The van der Waals surface area contributed by atoms with E-state index in [1.54, 1.807) is 12.1 Å². The SMILES string of the molecule is CC(C)Cc1nc2cc(NS(=O)(=O)N(C)C)cc(C(=O)NC3CCCc4ccccc43)c2n1C. The Kier molecular flexibility index (Phi) is 6.69. The fourth-order valence-corrected chi connectivity index (χ4v) is 5.16. The van der Waals surface area contributed by atoms with Gasteiger partial charge in [0, 0.05) is 27.6 Å². The minimum Gasteiger partial charge on any atom is -0.345 e. The van der Waals surface area contributed by atoms with E-state index in [0.29, 0.717) is 28.2 Å². The van der Waals surface area contributed by atoms with Crippen LogP contribution in [0.3, 0.4) is 0 Å². The molecule has 182 valence electrons. The summed E-state index contributed by atoms with van der Waals surface area (Å²) in [7, 11) is 1.08.